The number of nitrogens with zero attached hydrogens (tertiary/aromatic N) is 1. The second-order valence-electron chi connectivity index (χ2n) is 6.74. The SMILES string of the molecule is CCCN(CC)C(Cc1ccccc1)CC(C)(C)C. The molecule has 0 aliphatic carbocycles. The first kappa shape index (κ1) is 16.2. The van der Waals surface area contributed by atoms with Crippen LogP contribution >= 0.6 is 0 Å². The first-order chi connectivity index (χ1) is 8.96. The van der Waals surface area contributed by atoms with Crippen LogP contribution in [0.15, 0.2) is 30.3 Å². The number of benzene rings is 1. The lowest BCUT2D eigenvalue weighted by Gasteiger charge is -2.35. The molecule has 1 nitrogen and oxygen atoms in total. The van der Waals surface area contributed by atoms with E-state index in [1.54, 1.807) is 0 Å². The summed E-state index contributed by atoms with van der Waals surface area (Å²) in [5.41, 5.74) is 1.85. The van der Waals surface area contributed by atoms with Gasteiger partial charge in [-0.25, -0.2) is 0 Å². The molecular formula is C18H31N. The van der Waals surface area contributed by atoms with Gasteiger partial charge in [-0.2, -0.15) is 0 Å². The lowest BCUT2D eigenvalue weighted by atomic mass is 9.85. The molecule has 19 heavy (non-hydrogen) atoms. The van der Waals surface area contributed by atoms with Crippen LogP contribution in [0.4, 0.5) is 0 Å². The van der Waals surface area contributed by atoms with Crippen LogP contribution in [-0.2, 0) is 6.42 Å². The normalized spacial score (nSPS) is 13.8. The third-order valence-corrected chi connectivity index (χ3v) is 3.60. The fourth-order valence-electron chi connectivity index (χ4n) is 2.81. The van der Waals surface area contributed by atoms with Crippen LogP contribution in [0.25, 0.3) is 0 Å². The summed E-state index contributed by atoms with van der Waals surface area (Å²) in [6, 6.07) is 11.6. The smallest absolute Gasteiger partial charge is 0.0140 e. The van der Waals surface area contributed by atoms with Gasteiger partial charge in [-0.05, 0) is 43.3 Å². The molecule has 0 radical (unpaired) electrons. The summed E-state index contributed by atoms with van der Waals surface area (Å²) in [6.45, 7) is 14.0. The van der Waals surface area contributed by atoms with Crippen molar-refractivity contribution in [3.8, 4) is 0 Å². The van der Waals surface area contributed by atoms with Crippen LogP contribution in [-0.4, -0.2) is 24.0 Å². The zero-order valence-corrected chi connectivity index (χ0v) is 13.4. The van der Waals surface area contributed by atoms with Gasteiger partial charge in [0.25, 0.3) is 0 Å². The zero-order chi connectivity index (χ0) is 14.3. The molecule has 1 heteroatoms. The molecule has 1 atom stereocenters. The van der Waals surface area contributed by atoms with Crippen molar-refractivity contribution >= 4 is 0 Å². The van der Waals surface area contributed by atoms with Gasteiger partial charge in [0.1, 0.15) is 0 Å². The van der Waals surface area contributed by atoms with Crippen LogP contribution in [0, 0.1) is 5.41 Å². The average Bonchev–Trinajstić information content (AvgIpc) is 2.35. The van der Waals surface area contributed by atoms with Gasteiger partial charge in [-0.15, -0.1) is 0 Å². The van der Waals surface area contributed by atoms with Crippen LogP contribution < -0.4 is 0 Å². The van der Waals surface area contributed by atoms with Crippen LogP contribution in [0.3, 0.4) is 0 Å². The first-order valence-corrected chi connectivity index (χ1v) is 7.74. The van der Waals surface area contributed by atoms with Gasteiger partial charge < -0.3 is 4.90 Å². The highest BCUT2D eigenvalue weighted by Gasteiger charge is 2.23. The lowest BCUT2D eigenvalue weighted by Crippen LogP contribution is -2.39. The summed E-state index contributed by atoms with van der Waals surface area (Å²) in [5.74, 6) is 0. The zero-order valence-electron chi connectivity index (χ0n) is 13.4. The summed E-state index contributed by atoms with van der Waals surface area (Å²) in [7, 11) is 0. The third-order valence-electron chi connectivity index (χ3n) is 3.60. The molecule has 0 fully saturated rings. The van der Waals surface area contributed by atoms with E-state index >= 15 is 0 Å². The van der Waals surface area contributed by atoms with E-state index in [-0.39, 0.29) is 0 Å². The molecule has 0 bridgehead atoms. The molecule has 0 heterocycles. The van der Waals surface area contributed by atoms with Crippen molar-refractivity contribution in [3.05, 3.63) is 35.9 Å². The molecule has 0 aromatic heterocycles. The summed E-state index contributed by atoms with van der Waals surface area (Å²) >= 11 is 0. The van der Waals surface area contributed by atoms with Crippen molar-refractivity contribution in [1.82, 2.24) is 4.90 Å². The van der Waals surface area contributed by atoms with Gasteiger partial charge in [0, 0.05) is 6.04 Å². The third kappa shape index (κ3) is 6.24. The Morgan fingerprint density at radius 3 is 2.16 bits per heavy atom. The first-order valence-electron chi connectivity index (χ1n) is 7.74. The van der Waals surface area contributed by atoms with Gasteiger partial charge in [0.15, 0.2) is 0 Å². The fraction of sp³-hybridized carbons (Fsp3) is 0.667. The maximum absolute atomic E-state index is 2.65. The maximum atomic E-state index is 2.65. The van der Waals surface area contributed by atoms with Gasteiger partial charge in [0.2, 0.25) is 0 Å². The van der Waals surface area contributed by atoms with E-state index in [4.69, 9.17) is 0 Å². The van der Waals surface area contributed by atoms with E-state index in [0.717, 1.165) is 6.54 Å². The van der Waals surface area contributed by atoms with Gasteiger partial charge in [0.05, 0.1) is 0 Å². The molecule has 0 aliphatic rings. The number of likely N-dealkylation sites (N-methyl/N-ethyl adjacent to an activating group) is 1. The molecule has 1 unspecified atom stereocenters. The van der Waals surface area contributed by atoms with Crippen molar-refractivity contribution in [1.29, 1.82) is 0 Å². The van der Waals surface area contributed by atoms with Crippen molar-refractivity contribution in [3.63, 3.8) is 0 Å². The molecule has 0 spiro atoms. The molecule has 1 rings (SSSR count). The van der Waals surface area contributed by atoms with E-state index in [1.807, 2.05) is 0 Å². The fourth-order valence-corrected chi connectivity index (χ4v) is 2.81. The molecule has 0 amide bonds. The Balaban J connectivity index is 2.79. The Morgan fingerprint density at radius 1 is 1.05 bits per heavy atom. The quantitative estimate of drug-likeness (QED) is 0.683. The minimum atomic E-state index is 0.389. The predicted octanol–water partition coefficient (Wildman–Crippen LogP) is 4.77. The van der Waals surface area contributed by atoms with Gasteiger partial charge >= 0.3 is 0 Å². The molecule has 1 aromatic carbocycles. The highest BCUT2D eigenvalue weighted by atomic mass is 15.1. The maximum Gasteiger partial charge on any atom is 0.0140 e. The van der Waals surface area contributed by atoms with Gasteiger partial charge in [-0.1, -0.05) is 65.0 Å². The standard InChI is InChI=1S/C18H31N/c1-6-13-19(7-2)17(15-18(3,4)5)14-16-11-9-8-10-12-16/h8-12,17H,6-7,13-15H2,1-5H3. The summed E-state index contributed by atoms with van der Waals surface area (Å²) in [6.07, 6.45) is 3.67. The lowest BCUT2D eigenvalue weighted by molar-refractivity contribution is 0.153. The highest BCUT2D eigenvalue weighted by molar-refractivity contribution is 5.16. The van der Waals surface area contributed by atoms with Crippen molar-refractivity contribution in [2.24, 2.45) is 5.41 Å². The van der Waals surface area contributed by atoms with Crippen LogP contribution in [0.1, 0.15) is 53.0 Å². The molecule has 0 saturated carbocycles. The van der Waals surface area contributed by atoms with E-state index in [0.29, 0.717) is 11.5 Å². The molecule has 1 aromatic rings. The number of hydrogen-bond acceptors (Lipinski definition) is 1. The molecule has 108 valence electrons. The van der Waals surface area contributed by atoms with E-state index in [9.17, 15) is 0 Å². The molecular weight excluding hydrogens is 230 g/mol. The van der Waals surface area contributed by atoms with E-state index < -0.39 is 0 Å². The van der Waals surface area contributed by atoms with Crippen molar-refractivity contribution in [2.45, 2.75) is 59.9 Å². The van der Waals surface area contributed by atoms with Crippen LogP contribution in [0.2, 0.25) is 0 Å². The Bertz CT molecular complexity index is 336. The van der Waals surface area contributed by atoms with Crippen LogP contribution in [0.5, 0.6) is 0 Å². The largest absolute Gasteiger partial charge is 0.300 e. The predicted molar refractivity (Wildman–Crippen MR) is 85.5 cm³/mol. The Morgan fingerprint density at radius 2 is 1.68 bits per heavy atom. The Labute approximate surface area is 120 Å². The molecule has 0 aliphatic heterocycles. The minimum absolute atomic E-state index is 0.389. The summed E-state index contributed by atoms with van der Waals surface area (Å²) in [4.78, 5) is 2.65. The summed E-state index contributed by atoms with van der Waals surface area (Å²) < 4.78 is 0. The van der Waals surface area contributed by atoms with E-state index in [2.05, 4.69) is 69.9 Å². The monoisotopic (exact) mass is 261 g/mol. The second kappa shape index (κ2) is 7.69. The topological polar surface area (TPSA) is 3.24 Å². The molecule has 0 N–H and O–H groups in total. The van der Waals surface area contributed by atoms with Crippen molar-refractivity contribution in [2.75, 3.05) is 13.1 Å². The Hall–Kier alpha value is -0.820. The highest BCUT2D eigenvalue weighted by Crippen LogP contribution is 2.26. The second-order valence-corrected chi connectivity index (χ2v) is 6.74. The van der Waals surface area contributed by atoms with E-state index in [1.165, 1.54) is 31.4 Å². The molecule has 0 saturated heterocycles. The number of hydrogen-bond donors (Lipinski definition) is 0. The number of rotatable bonds is 7. The van der Waals surface area contributed by atoms with Crippen molar-refractivity contribution < 1.29 is 0 Å². The Kier molecular flexibility index (Phi) is 6.57. The summed E-state index contributed by atoms with van der Waals surface area (Å²) in [5, 5.41) is 0. The minimum Gasteiger partial charge on any atom is -0.300 e. The average molecular weight is 261 g/mol. The van der Waals surface area contributed by atoms with Gasteiger partial charge in [-0.3, -0.25) is 0 Å².